The van der Waals surface area contributed by atoms with E-state index in [-0.39, 0.29) is 0 Å². The van der Waals surface area contributed by atoms with Gasteiger partial charge in [-0.25, -0.2) is 0 Å². The zero-order chi connectivity index (χ0) is 6.69. The summed E-state index contributed by atoms with van der Waals surface area (Å²) in [5.74, 6) is 0.743. The third-order valence-electron chi connectivity index (χ3n) is 1.86. The van der Waals surface area contributed by atoms with Crippen LogP contribution in [0.15, 0.2) is 0 Å². The quantitative estimate of drug-likeness (QED) is 0.567. The fourth-order valence-corrected chi connectivity index (χ4v) is 1.12. The van der Waals surface area contributed by atoms with Gasteiger partial charge >= 0.3 is 0 Å². The zero-order valence-corrected chi connectivity index (χ0v) is 5.97. The Bertz CT molecular complexity index is 77.0. The van der Waals surface area contributed by atoms with E-state index in [4.69, 9.17) is 10.5 Å². The van der Waals surface area contributed by atoms with Crippen molar-refractivity contribution in [3.8, 4) is 0 Å². The van der Waals surface area contributed by atoms with Gasteiger partial charge in [0, 0.05) is 13.2 Å². The second kappa shape index (κ2) is 3.18. The van der Waals surface area contributed by atoms with Crippen LogP contribution in [0.4, 0.5) is 0 Å². The lowest BCUT2D eigenvalue weighted by molar-refractivity contribution is -0.00521. The molecule has 2 nitrogen and oxygen atoms in total. The molecule has 0 spiro atoms. The molecule has 0 aromatic carbocycles. The standard InChI is InChI=1S/C7H15NO/c1-6-2-3-7(4-8)9-5-6/h6-7H,2-5,8H2,1H3/t6-,7+/m0/s1. The normalized spacial score (nSPS) is 36.7. The Morgan fingerprint density at radius 2 is 2.33 bits per heavy atom. The van der Waals surface area contributed by atoms with Crippen LogP contribution in [0.25, 0.3) is 0 Å². The Balaban J connectivity index is 2.18. The summed E-state index contributed by atoms with van der Waals surface area (Å²) in [5.41, 5.74) is 5.42. The molecule has 0 bridgehead atoms. The summed E-state index contributed by atoms with van der Waals surface area (Å²) >= 11 is 0. The molecule has 1 saturated heterocycles. The lowest BCUT2D eigenvalue weighted by Gasteiger charge is -2.25. The van der Waals surface area contributed by atoms with E-state index >= 15 is 0 Å². The average molecular weight is 129 g/mol. The Labute approximate surface area is 56.4 Å². The van der Waals surface area contributed by atoms with E-state index in [1.165, 1.54) is 6.42 Å². The largest absolute Gasteiger partial charge is 0.377 e. The zero-order valence-electron chi connectivity index (χ0n) is 5.97. The fourth-order valence-electron chi connectivity index (χ4n) is 1.12. The van der Waals surface area contributed by atoms with Crippen LogP contribution in [-0.2, 0) is 4.74 Å². The van der Waals surface area contributed by atoms with E-state index in [1.807, 2.05) is 0 Å². The highest BCUT2D eigenvalue weighted by Crippen LogP contribution is 2.16. The van der Waals surface area contributed by atoms with Crippen LogP contribution in [0.5, 0.6) is 0 Å². The highest BCUT2D eigenvalue weighted by atomic mass is 16.5. The van der Waals surface area contributed by atoms with E-state index in [0.717, 1.165) is 18.9 Å². The van der Waals surface area contributed by atoms with Gasteiger partial charge in [0.25, 0.3) is 0 Å². The highest BCUT2D eigenvalue weighted by Gasteiger charge is 2.16. The number of rotatable bonds is 1. The van der Waals surface area contributed by atoms with Crippen LogP contribution in [0.1, 0.15) is 19.8 Å². The maximum atomic E-state index is 5.42. The van der Waals surface area contributed by atoms with Gasteiger partial charge in [0.15, 0.2) is 0 Å². The van der Waals surface area contributed by atoms with E-state index in [2.05, 4.69) is 6.92 Å². The fraction of sp³-hybridized carbons (Fsp3) is 1.00. The van der Waals surface area contributed by atoms with Crippen molar-refractivity contribution in [3.63, 3.8) is 0 Å². The second-order valence-electron chi connectivity index (χ2n) is 2.87. The lowest BCUT2D eigenvalue weighted by Crippen LogP contribution is -2.30. The molecule has 0 aliphatic carbocycles. The third kappa shape index (κ3) is 1.95. The van der Waals surface area contributed by atoms with Crippen molar-refractivity contribution < 1.29 is 4.74 Å². The monoisotopic (exact) mass is 129 g/mol. The van der Waals surface area contributed by atoms with Gasteiger partial charge in [-0.2, -0.15) is 0 Å². The highest BCUT2D eigenvalue weighted by molar-refractivity contribution is 4.67. The van der Waals surface area contributed by atoms with Crippen molar-refractivity contribution in [3.05, 3.63) is 0 Å². The smallest absolute Gasteiger partial charge is 0.0697 e. The van der Waals surface area contributed by atoms with Crippen LogP contribution in [-0.4, -0.2) is 19.3 Å². The van der Waals surface area contributed by atoms with Crippen molar-refractivity contribution >= 4 is 0 Å². The molecule has 0 radical (unpaired) electrons. The summed E-state index contributed by atoms with van der Waals surface area (Å²) < 4.78 is 5.41. The molecule has 54 valence electrons. The molecule has 0 unspecified atom stereocenters. The minimum Gasteiger partial charge on any atom is -0.377 e. The van der Waals surface area contributed by atoms with Gasteiger partial charge in [0.05, 0.1) is 6.10 Å². The Kier molecular flexibility index (Phi) is 2.49. The molecule has 2 N–H and O–H groups in total. The summed E-state index contributed by atoms with van der Waals surface area (Å²) in [7, 11) is 0. The van der Waals surface area contributed by atoms with Crippen molar-refractivity contribution in [2.45, 2.75) is 25.9 Å². The molecule has 9 heavy (non-hydrogen) atoms. The van der Waals surface area contributed by atoms with Crippen LogP contribution >= 0.6 is 0 Å². The molecule has 1 rings (SSSR count). The second-order valence-corrected chi connectivity index (χ2v) is 2.87. The first-order valence-electron chi connectivity index (χ1n) is 3.64. The molecule has 1 heterocycles. The predicted molar refractivity (Wildman–Crippen MR) is 37.2 cm³/mol. The first-order chi connectivity index (χ1) is 4.33. The summed E-state index contributed by atoms with van der Waals surface area (Å²) in [6.07, 6.45) is 2.78. The Hall–Kier alpha value is -0.0800. The molecule has 1 aliphatic heterocycles. The summed E-state index contributed by atoms with van der Waals surface area (Å²) in [4.78, 5) is 0. The minimum absolute atomic E-state index is 0.348. The Morgan fingerprint density at radius 3 is 2.78 bits per heavy atom. The number of nitrogens with two attached hydrogens (primary N) is 1. The van der Waals surface area contributed by atoms with E-state index in [1.54, 1.807) is 0 Å². The molecule has 1 aliphatic rings. The van der Waals surface area contributed by atoms with Crippen molar-refractivity contribution in [1.82, 2.24) is 0 Å². The summed E-state index contributed by atoms with van der Waals surface area (Å²) in [5, 5.41) is 0. The van der Waals surface area contributed by atoms with Crippen LogP contribution in [0.2, 0.25) is 0 Å². The molecule has 0 aromatic heterocycles. The van der Waals surface area contributed by atoms with Crippen LogP contribution in [0, 0.1) is 5.92 Å². The van der Waals surface area contributed by atoms with Crippen molar-refractivity contribution in [1.29, 1.82) is 0 Å². The lowest BCUT2D eigenvalue weighted by atomic mass is 10.0. The summed E-state index contributed by atoms with van der Waals surface area (Å²) in [6, 6.07) is 0. The van der Waals surface area contributed by atoms with Gasteiger partial charge in [0.1, 0.15) is 0 Å². The molecule has 2 heteroatoms. The van der Waals surface area contributed by atoms with Crippen molar-refractivity contribution in [2.75, 3.05) is 13.2 Å². The molecular weight excluding hydrogens is 114 g/mol. The Morgan fingerprint density at radius 1 is 1.56 bits per heavy atom. The third-order valence-corrected chi connectivity index (χ3v) is 1.86. The molecule has 0 aromatic rings. The number of ether oxygens (including phenoxy) is 1. The topological polar surface area (TPSA) is 35.2 Å². The molecule has 0 amide bonds. The number of hydrogen-bond acceptors (Lipinski definition) is 2. The van der Waals surface area contributed by atoms with Gasteiger partial charge in [-0.05, 0) is 18.8 Å². The first-order valence-corrected chi connectivity index (χ1v) is 3.64. The van der Waals surface area contributed by atoms with E-state index in [0.29, 0.717) is 12.6 Å². The molecule has 1 fully saturated rings. The van der Waals surface area contributed by atoms with Gasteiger partial charge in [-0.3, -0.25) is 0 Å². The minimum atomic E-state index is 0.348. The van der Waals surface area contributed by atoms with Crippen molar-refractivity contribution in [2.24, 2.45) is 11.7 Å². The van der Waals surface area contributed by atoms with Crippen LogP contribution in [0.3, 0.4) is 0 Å². The SMILES string of the molecule is C[C@H]1CC[C@H](CN)OC1. The number of hydrogen-bond donors (Lipinski definition) is 1. The molecular formula is C7H15NO. The maximum Gasteiger partial charge on any atom is 0.0697 e. The average Bonchev–Trinajstić information content (AvgIpc) is 1.90. The van der Waals surface area contributed by atoms with Crippen LogP contribution < -0.4 is 5.73 Å². The first kappa shape index (κ1) is 7.03. The molecule has 0 saturated carbocycles. The van der Waals surface area contributed by atoms with E-state index < -0.39 is 0 Å². The van der Waals surface area contributed by atoms with Gasteiger partial charge in [-0.1, -0.05) is 6.92 Å². The molecule has 2 atom stereocenters. The predicted octanol–water partition coefficient (Wildman–Crippen LogP) is 0.760. The van der Waals surface area contributed by atoms with Gasteiger partial charge < -0.3 is 10.5 Å². The maximum absolute atomic E-state index is 5.42. The van der Waals surface area contributed by atoms with E-state index in [9.17, 15) is 0 Å². The van der Waals surface area contributed by atoms with Gasteiger partial charge in [-0.15, -0.1) is 0 Å². The summed E-state index contributed by atoms with van der Waals surface area (Å²) in [6.45, 7) is 3.81. The van der Waals surface area contributed by atoms with Gasteiger partial charge in [0.2, 0.25) is 0 Å².